The molecule has 0 saturated heterocycles. The minimum absolute atomic E-state index is 0.203. The standard InChI is InChI=1S/C12H23NO/c1-9(2)12(14)8-10-6-4-5-7-11(10)13-3/h9-11,13H,4-8H2,1-3H3. The number of nitrogens with one attached hydrogen (secondary N) is 1. The van der Waals surface area contributed by atoms with Crippen LogP contribution in [-0.4, -0.2) is 18.9 Å². The van der Waals surface area contributed by atoms with Gasteiger partial charge in [0.25, 0.3) is 0 Å². The van der Waals surface area contributed by atoms with Crippen molar-refractivity contribution < 1.29 is 4.79 Å². The van der Waals surface area contributed by atoms with Crippen molar-refractivity contribution in [3.05, 3.63) is 0 Å². The summed E-state index contributed by atoms with van der Waals surface area (Å²) in [4.78, 5) is 11.6. The average Bonchev–Trinajstić information content (AvgIpc) is 2.18. The first kappa shape index (κ1) is 11.7. The van der Waals surface area contributed by atoms with Crippen LogP contribution in [0.5, 0.6) is 0 Å². The minimum atomic E-state index is 0.203. The Balaban J connectivity index is 2.44. The van der Waals surface area contributed by atoms with E-state index in [9.17, 15) is 4.79 Å². The van der Waals surface area contributed by atoms with Crippen LogP contribution >= 0.6 is 0 Å². The molecule has 0 aromatic rings. The highest BCUT2D eigenvalue weighted by Crippen LogP contribution is 2.27. The van der Waals surface area contributed by atoms with Gasteiger partial charge in [-0.1, -0.05) is 26.7 Å². The lowest BCUT2D eigenvalue weighted by atomic mass is 9.80. The summed E-state index contributed by atoms with van der Waals surface area (Å²) in [6.07, 6.45) is 5.87. The van der Waals surface area contributed by atoms with Gasteiger partial charge in [-0.25, -0.2) is 0 Å². The topological polar surface area (TPSA) is 29.1 Å². The number of carbonyl (C=O) groups excluding carboxylic acids is 1. The van der Waals surface area contributed by atoms with E-state index in [0.717, 1.165) is 6.42 Å². The predicted octanol–water partition coefficient (Wildman–Crippen LogP) is 2.38. The molecule has 0 spiro atoms. The van der Waals surface area contributed by atoms with Gasteiger partial charge in [-0.3, -0.25) is 4.79 Å². The molecule has 1 saturated carbocycles. The molecule has 0 aromatic carbocycles. The molecule has 1 fully saturated rings. The van der Waals surface area contributed by atoms with Crippen LogP contribution in [0.1, 0.15) is 46.0 Å². The first-order chi connectivity index (χ1) is 6.65. The first-order valence-electron chi connectivity index (χ1n) is 5.85. The summed E-state index contributed by atoms with van der Waals surface area (Å²) in [6, 6.07) is 0.575. The molecule has 1 N–H and O–H groups in total. The van der Waals surface area contributed by atoms with Crippen LogP contribution < -0.4 is 5.32 Å². The fraction of sp³-hybridized carbons (Fsp3) is 0.917. The van der Waals surface area contributed by atoms with Gasteiger partial charge in [-0.15, -0.1) is 0 Å². The molecular formula is C12H23NO. The number of Topliss-reactive ketones (excluding diaryl/α,β-unsaturated/α-hetero) is 1. The Hall–Kier alpha value is -0.370. The monoisotopic (exact) mass is 197 g/mol. The normalized spacial score (nSPS) is 28.0. The molecule has 0 aromatic heterocycles. The molecule has 0 radical (unpaired) electrons. The largest absolute Gasteiger partial charge is 0.317 e. The van der Waals surface area contributed by atoms with Gasteiger partial charge < -0.3 is 5.32 Å². The van der Waals surface area contributed by atoms with E-state index >= 15 is 0 Å². The van der Waals surface area contributed by atoms with Crippen molar-refractivity contribution in [2.75, 3.05) is 7.05 Å². The smallest absolute Gasteiger partial charge is 0.135 e. The van der Waals surface area contributed by atoms with Gasteiger partial charge in [0, 0.05) is 18.4 Å². The van der Waals surface area contributed by atoms with E-state index in [1.54, 1.807) is 0 Å². The van der Waals surface area contributed by atoms with Crippen LogP contribution in [0.15, 0.2) is 0 Å². The second kappa shape index (κ2) is 5.50. The molecular weight excluding hydrogens is 174 g/mol. The zero-order valence-electron chi connectivity index (χ0n) is 9.68. The molecule has 2 atom stereocenters. The van der Waals surface area contributed by atoms with Gasteiger partial charge in [-0.05, 0) is 25.8 Å². The maximum Gasteiger partial charge on any atom is 0.135 e. The Morgan fingerprint density at radius 2 is 2.00 bits per heavy atom. The predicted molar refractivity (Wildman–Crippen MR) is 59.3 cm³/mol. The van der Waals surface area contributed by atoms with Crippen LogP contribution in [0.25, 0.3) is 0 Å². The molecule has 2 heteroatoms. The summed E-state index contributed by atoms with van der Waals surface area (Å²) in [5.41, 5.74) is 0. The van der Waals surface area contributed by atoms with Gasteiger partial charge in [0.2, 0.25) is 0 Å². The van der Waals surface area contributed by atoms with E-state index in [2.05, 4.69) is 5.32 Å². The number of hydrogen-bond acceptors (Lipinski definition) is 2. The van der Waals surface area contributed by atoms with Crippen LogP contribution in [0.2, 0.25) is 0 Å². The van der Waals surface area contributed by atoms with Crippen molar-refractivity contribution in [1.29, 1.82) is 0 Å². The Morgan fingerprint density at radius 3 is 2.57 bits per heavy atom. The lowest BCUT2D eigenvalue weighted by molar-refractivity contribution is -0.123. The zero-order valence-corrected chi connectivity index (χ0v) is 9.68. The molecule has 2 nitrogen and oxygen atoms in total. The van der Waals surface area contributed by atoms with Crippen LogP contribution in [0.4, 0.5) is 0 Å². The van der Waals surface area contributed by atoms with E-state index in [0.29, 0.717) is 17.7 Å². The SMILES string of the molecule is CNC1CCCCC1CC(=O)C(C)C. The molecule has 0 aliphatic heterocycles. The number of carbonyl (C=O) groups is 1. The van der Waals surface area contributed by atoms with Gasteiger partial charge in [0.15, 0.2) is 0 Å². The summed E-state index contributed by atoms with van der Waals surface area (Å²) in [7, 11) is 2.02. The number of rotatable bonds is 4. The third-order valence-corrected chi connectivity index (χ3v) is 3.39. The Morgan fingerprint density at radius 1 is 1.36 bits per heavy atom. The summed E-state index contributed by atoms with van der Waals surface area (Å²) in [5, 5.41) is 3.35. The average molecular weight is 197 g/mol. The van der Waals surface area contributed by atoms with Crippen molar-refractivity contribution in [3.63, 3.8) is 0 Å². The van der Waals surface area contributed by atoms with Crippen molar-refractivity contribution in [2.45, 2.75) is 52.0 Å². The lowest BCUT2D eigenvalue weighted by Crippen LogP contribution is -2.37. The quantitative estimate of drug-likeness (QED) is 0.749. The molecule has 1 aliphatic carbocycles. The fourth-order valence-corrected chi connectivity index (χ4v) is 2.33. The molecule has 82 valence electrons. The lowest BCUT2D eigenvalue weighted by Gasteiger charge is -2.31. The maximum atomic E-state index is 11.6. The summed E-state index contributed by atoms with van der Waals surface area (Å²) in [5.74, 6) is 1.22. The second-order valence-corrected chi connectivity index (χ2v) is 4.76. The number of ketones is 1. The molecule has 14 heavy (non-hydrogen) atoms. The van der Waals surface area contributed by atoms with Crippen LogP contribution in [0, 0.1) is 11.8 Å². The highest BCUT2D eigenvalue weighted by Gasteiger charge is 2.26. The van der Waals surface area contributed by atoms with Crippen LogP contribution in [-0.2, 0) is 4.79 Å². The summed E-state index contributed by atoms with van der Waals surface area (Å²) in [6.45, 7) is 4.00. The first-order valence-corrected chi connectivity index (χ1v) is 5.85. The highest BCUT2D eigenvalue weighted by molar-refractivity contribution is 5.80. The van der Waals surface area contributed by atoms with E-state index < -0.39 is 0 Å². The molecule has 0 heterocycles. The number of hydrogen-bond donors (Lipinski definition) is 1. The third kappa shape index (κ3) is 3.09. The van der Waals surface area contributed by atoms with Crippen molar-refractivity contribution in [2.24, 2.45) is 11.8 Å². The second-order valence-electron chi connectivity index (χ2n) is 4.76. The fourth-order valence-electron chi connectivity index (χ4n) is 2.33. The van der Waals surface area contributed by atoms with Gasteiger partial charge >= 0.3 is 0 Å². The van der Waals surface area contributed by atoms with E-state index in [1.807, 2.05) is 20.9 Å². The van der Waals surface area contributed by atoms with E-state index in [4.69, 9.17) is 0 Å². The summed E-state index contributed by atoms with van der Waals surface area (Å²) >= 11 is 0. The molecule has 1 rings (SSSR count). The van der Waals surface area contributed by atoms with Crippen molar-refractivity contribution >= 4 is 5.78 Å². The molecule has 0 bridgehead atoms. The van der Waals surface area contributed by atoms with E-state index in [-0.39, 0.29) is 5.92 Å². The highest BCUT2D eigenvalue weighted by atomic mass is 16.1. The van der Waals surface area contributed by atoms with Gasteiger partial charge in [0.1, 0.15) is 5.78 Å². The Bertz CT molecular complexity index is 189. The van der Waals surface area contributed by atoms with Gasteiger partial charge in [0.05, 0.1) is 0 Å². The third-order valence-electron chi connectivity index (χ3n) is 3.39. The Kier molecular flexibility index (Phi) is 4.59. The summed E-state index contributed by atoms with van der Waals surface area (Å²) < 4.78 is 0. The van der Waals surface area contributed by atoms with E-state index in [1.165, 1.54) is 25.7 Å². The molecule has 2 unspecified atom stereocenters. The minimum Gasteiger partial charge on any atom is -0.317 e. The molecule has 0 amide bonds. The van der Waals surface area contributed by atoms with Crippen LogP contribution in [0.3, 0.4) is 0 Å². The Labute approximate surface area is 87.5 Å². The zero-order chi connectivity index (χ0) is 10.6. The molecule has 1 aliphatic rings. The van der Waals surface area contributed by atoms with Crippen molar-refractivity contribution in [1.82, 2.24) is 5.32 Å². The van der Waals surface area contributed by atoms with Crippen molar-refractivity contribution in [3.8, 4) is 0 Å². The maximum absolute atomic E-state index is 11.6. The van der Waals surface area contributed by atoms with Gasteiger partial charge in [-0.2, -0.15) is 0 Å².